The highest BCUT2D eigenvalue weighted by Crippen LogP contribution is 2.17. The molecule has 0 spiro atoms. The maximum Gasteiger partial charge on any atom is 0.278 e. The van der Waals surface area contributed by atoms with Crippen LogP contribution in [0, 0.1) is 6.92 Å². The predicted octanol–water partition coefficient (Wildman–Crippen LogP) is 3.48. The standard InChI is InChI=1S/C21H20N2O3/c1-14(20(25)16-9-11-18(24)12-10-16)13-19-15(2)22(3)23(21(19)26)17-7-5-4-6-8-17/h4-13,24H,1-3H3/b14-13+. The van der Waals surface area contributed by atoms with Gasteiger partial charge in [0.25, 0.3) is 5.56 Å². The molecule has 0 aliphatic carbocycles. The van der Waals surface area contributed by atoms with Gasteiger partial charge in [0, 0.05) is 18.3 Å². The zero-order valence-corrected chi connectivity index (χ0v) is 14.9. The SMILES string of the molecule is C/C(=C\c1c(C)n(C)n(-c2ccccc2)c1=O)C(=O)c1ccc(O)cc1. The second kappa shape index (κ2) is 6.88. The lowest BCUT2D eigenvalue weighted by atomic mass is 10.0. The quantitative estimate of drug-likeness (QED) is 0.580. The Labute approximate surface area is 151 Å². The summed E-state index contributed by atoms with van der Waals surface area (Å²) < 4.78 is 3.36. The Kier molecular flexibility index (Phi) is 4.63. The molecular formula is C21H20N2O3. The Morgan fingerprint density at radius 3 is 2.27 bits per heavy atom. The van der Waals surface area contributed by atoms with Gasteiger partial charge in [-0.15, -0.1) is 0 Å². The van der Waals surface area contributed by atoms with Gasteiger partial charge in [0.2, 0.25) is 0 Å². The van der Waals surface area contributed by atoms with E-state index in [-0.39, 0.29) is 17.1 Å². The molecule has 3 aromatic rings. The Hall–Kier alpha value is -3.34. The minimum absolute atomic E-state index is 0.104. The number of hydrogen-bond donors (Lipinski definition) is 1. The van der Waals surface area contributed by atoms with E-state index < -0.39 is 0 Å². The molecule has 132 valence electrons. The van der Waals surface area contributed by atoms with Crippen molar-refractivity contribution in [3.63, 3.8) is 0 Å². The van der Waals surface area contributed by atoms with Gasteiger partial charge in [0.15, 0.2) is 5.78 Å². The zero-order valence-electron chi connectivity index (χ0n) is 14.9. The number of ketones is 1. The minimum Gasteiger partial charge on any atom is -0.508 e. The second-order valence-electron chi connectivity index (χ2n) is 6.18. The first-order chi connectivity index (χ1) is 12.4. The van der Waals surface area contributed by atoms with Gasteiger partial charge in [-0.2, -0.15) is 0 Å². The molecule has 0 fully saturated rings. The molecular weight excluding hydrogens is 328 g/mol. The van der Waals surface area contributed by atoms with Gasteiger partial charge in [-0.25, -0.2) is 4.68 Å². The molecule has 1 N–H and O–H groups in total. The monoisotopic (exact) mass is 348 g/mol. The summed E-state index contributed by atoms with van der Waals surface area (Å²) in [6.45, 7) is 3.54. The van der Waals surface area contributed by atoms with E-state index in [2.05, 4.69) is 0 Å². The van der Waals surface area contributed by atoms with E-state index in [1.165, 1.54) is 12.1 Å². The lowest BCUT2D eigenvalue weighted by Gasteiger charge is -2.07. The molecule has 26 heavy (non-hydrogen) atoms. The van der Waals surface area contributed by atoms with Gasteiger partial charge < -0.3 is 5.11 Å². The molecule has 0 atom stereocenters. The second-order valence-corrected chi connectivity index (χ2v) is 6.18. The number of aromatic hydroxyl groups is 1. The van der Waals surface area contributed by atoms with Crippen LogP contribution in [0.5, 0.6) is 5.75 Å². The van der Waals surface area contributed by atoms with Crippen LogP contribution in [0.15, 0.2) is 65.0 Å². The topological polar surface area (TPSA) is 64.2 Å². The third-order valence-electron chi connectivity index (χ3n) is 4.45. The first-order valence-corrected chi connectivity index (χ1v) is 8.26. The normalized spacial score (nSPS) is 11.6. The molecule has 5 heteroatoms. The van der Waals surface area contributed by atoms with Gasteiger partial charge in [-0.05, 0) is 61.9 Å². The maximum atomic E-state index is 12.9. The number of Topliss-reactive ketones (excluding diaryl/α,β-unsaturated/α-hetero) is 1. The predicted molar refractivity (Wildman–Crippen MR) is 102 cm³/mol. The molecule has 0 saturated carbocycles. The lowest BCUT2D eigenvalue weighted by molar-refractivity contribution is 0.103. The Morgan fingerprint density at radius 1 is 1.04 bits per heavy atom. The van der Waals surface area contributed by atoms with Crippen molar-refractivity contribution in [1.82, 2.24) is 9.36 Å². The highest BCUT2D eigenvalue weighted by Gasteiger charge is 2.16. The lowest BCUT2D eigenvalue weighted by Crippen LogP contribution is -2.20. The van der Waals surface area contributed by atoms with Crippen molar-refractivity contribution in [2.24, 2.45) is 7.05 Å². The Balaban J connectivity index is 2.05. The smallest absolute Gasteiger partial charge is 0.278 e. The fourth-order valence-electron chi connectivity index (χ4n) is 2.88. The molecule has 0 amide bonds. The van der Waals surface area contributed by atoms with Crippen molar-refractivity contribution >= 4 is 11.9 Å². The van der Waals surface area contributed by atoms with Crippen LogP contribution in [-0.4, -0.2) is 20.3 Å². The van der Waals surface area contributed by atoms with Crippen molar-refractivity contribution in [3.05, 3.63) is 87.3 Å². The number of phenols is 1. The summed E-state index contributed by atoms with van der Waals surface area (Å²) in [5.41, 5.74) is 2.78. The number of aromatic nitrogens is 2. The molecule has 1 aromatic heterocycles. The van der Waals surface area contributed by atoms with Gasteiger partial charge >= 0.3 is 0 Å². The molecule has 3 rings (SSSR count). The van der Waals surface area contributed by atoms with Crippen molar-refractivity contribution in [3.8, 4) is 11.4 Å². The summed E-state index contributed by atoms with van der Waals surface area (Å²) in [6, 6.07) is 15.4. The van der Waals surface area contributed by atoms with Gasteiger partial charge in [-0.3, -0.25) is 14.3 Å². The first kappa shape index (κ1) is 17.5. The molecule has 5 nitrogen and oxygen atoms in total. The molecule has 0 aliphatic rings. The van der Waals surface area contributed by atoms with Crippen LogP contribution < -0.4 is 5.56 Å². The van der Waals surface area contributed by atoms with Crippen molar-refractivity contribution in [2.45, 2.75) is 13.8 Å². The molecule has 1 heterocycles. The third kappa shape index (κ3) is 3.11. The minimum atomic E-state index is -0.182. The number of para-hydroxylation sites is 1. The molecule has 0 radical (unpaired) electrons. The van der Waals surface area contributed by atoms with Crippen LogP contribution in [-0.2, 0) is 7.05 Å². The number of phenolic OH excluding ortho intramolecular Hbond substituents is 1. The van der Waals surface area contributed by atoms with E-state index >= 15 is 0 Å². The summed E-state index contributed by atoms with van der Waals surface area (Å²) in [5, 5.41) is 9.35. The average Bonchev–Trinajstić information content (AvgIpc) is 2.86. The van der Waals surface area contributed by atoms with E-state index in [0.29, 0.717) is 16.7 Å². The number of benzene rings is 2. The van der Waals surface area contributed by atoms with Gasteiger partial charge in [0.05, 0.1) is 11.3 Å². The number of rotatable bonds is 4. The number of allylic oxidation sites excluding steroid dienone is 1. The fourth-order valence-corrected chi connectivity index (χ4v) is 2.88. The number of nitrogens with zero attached hydrogens (tertiary/aromatic N) is 2. The summed E-state index contributed by atoms with van der Waals surface area (Å²) in [7, 11) is 1.82. The molecule has 0 unspecified atom stereocenters. The van der Waals surface area contributed by atoms with Gasteiger partial charge in [0.1, 0.15) is 5.75 Å². The summed E-state index contributed by atoms with van der Waals surface area (Å²) in [4.78, 5) is 25.5. The highest BCUT2D eigenvalue weighted by molar-refractivity contribution is 6.10. The number of carbonyl (C=O) groups is 1. The van der Waals surface area contributed by atoms with Gasteiger partial charge in [-0.1, -0.05) is 18.2 Å². The molecule has 0 aliphatic heterocycles. The van der Waals surface area contributed by atoms with E-state index in [9.17, 15) is 14.7 Å². The van der Waals surface area contributed by atoms with Crippen LogP contribution in [0.3, 0.4) is 0 Å². The van der Waals surface area contributed by atoms with Crippen molar-refractivity contribution in [2.75, 3.05) is 0 Å². The maximum absolute atomic E-state index is 12.9. The van der Waals surface area contributed by atoms with Crippen LogP contribution in [0.4, 0.5) is 0 Å². The fraction of sp³-hybridized carbons (Fsp3) is 0.143. The molecule has 2 aromatic carbocycles. The van der Waals surface area contributed by atoms with Crippen molar-refractivity contribution in [1.29, 1.82) is 0 Å². The van der Waals surface area contributed by atoms with E-state index in [0.717, 1.165) is 11.4 Å². The number of hydrogen-bond acceptors (Lipinski definition) is 3. The van der Waals surface area contributed by atoms with Crippen LogP contribution in [0.2, 0.25) is 0 Å². The van der Waals surface area contributed by atoms with E-state index in [1.54, 1.807) is 34.5 Å². The summed E-state index contributed by atoms with van der Waals surface area (Å²) >= 11 is 0. The number of carbonyl (C=O) groups excluding carboxylic acids is 1. The molecule has 0 bridgehead atoms. The van der Waals surface area contributed by atoms with Crippen LogP contribution >= 0.6 is 0 Å². The van der Waals surface area contributed by atoms with Crippen LogP contribution in [0.1, 0.15) is 28.5 Å². The Morgan fingerprint density at radius 2 is 1.65 bits per heavy atom. The van der Waals surface area contributed by atoms with E-state index in [1.807, 2.05) is 44.3 Å². The van der Waals surface area contributed by atoms with Crippen LogP contribution in [0.25, 0.3) is 11.8 Å². The van der Waals surface area contributed by atoms with E-state index in [4.69, 9.17) is 0 Å². The average molecular weight is 348 g/mol. The van der Waals surface area contributed by atoms with Crippen molar-refractivity contribution < 1.29 is 9.90 Å². The zero-order chi connectivity index (χ0) is 18.8. The summed E-state index contributed by atoms with van der Waals surface area (Å²) in [5.74, 6) is -0.0771. The Bertz CT molecular complexity index is 1040. The highest BCUT2D eigenvalue weighted by atomic mass is 16.3. The largest absolute Gasteiger partial charge is 0.508 e. The molecule has 0 saturated heterocycles. The third-order valence-corrected chi connectivity index (χ3v) is 4.45. The first-order valence-electron chi connectivity index (χ1n) is 8.26. The summed E-state index contributed by atoms with van der Waals surface area (Å²) in [6.07, 6.45) is 1.63.